The van der Waals surface area contributed by atoms with Crippen LogP contribution in [-0.4, -0.2) is 16.9 Å². The third kappa shape index (κ3) is 3.17. The molecule has 104 valence electrons. The summed E-state index contributed by atoms with van der Waals surface area (Å²) in [6.07, 6.45) is 6.74. The molecule has 3 rings (SSSR count). The molecule has 5 heteroatoms. The van der Waals surface area contributed by atoms with Crippen LogP contribution < -0.4 is 10.6 Å². The van der Waals surface area contributed by atoms with E-state index in [9.17, 15) is 4.79 Å². The van der Waals surface area contributed by atoms with E-state index in [0.717, 1.165) is 11.5 Å². The van der Waals surface area contributed by atoms with Crippen LogP contribution in [0.15, 0.2) is 35.8 Å². The first-order valence-electron chi connectivity index (χ1n) is 6.89. The average Bonchev–Trinajstić information content (AvgIpc) is 3.13. The molecule has 1 aliphatic carbocycles. The second-order valence-electron chi connectivity index (χ2n) is 4.99. The van der Waals surface area contributed by atoms with Crippen LogP contribution in [0.1, 0.15) is 35.4 Å². The molecule has 2 heterocycles. The monoisotopic (exact) mass is 287 g/mol. The summed E-state index contributed by atoms with van der Waals surface area (Å²) in [5.41, 5.74) is 0.723. The minimum absolute atomic E-state index is 0.0849. The van der Waals surface area contributed by atoms with Gasteiger partial charge in [-0.2, -0.15) is 0 Å². The van der Waals surface area contributed by atoms with Crippen LogP contribution in [0.5, 0.6) is 0 Å². The van der Waals surface area contributed by atoms with E-state index in [1.54, 1.807) is 6.20 Å². The molecular formula is C15H17N3OS. The lowest BCUT2D eigenvalue weighted by Crippen LogP contribution is -2.15. The van der Waals surface area contributed by atoms with Gasteiger partial charge in [0.1, 0.15) is 5.82 Å². The number of anilines is 2. The van der Waals surface area contributed by atoms with Gasteiger partial charge in [0.2, 0.25) is 0 Å². The van der Waals surface area contributed by atoms with Gasteiger partial charge in [-0.3, -0.25) is 4.79 Å². The molecule has 4 nitrogen and oxygen atoms in total. The van der Waals surface area contributed by atoms with Crippen molar-refractivity contribution in [2.75, 3.05) is 10.6 Å². The van der Waals surface area contributed by atoms with E-state index in [0.29, 0.717) is 10.9 Å². The summed E-state index contributed by atoms with van der Waals surface area (Å²) in [5, 5.41) is 8.16. The van der Waals surface area contributed by atoms with Gasteiger partial charge in [0.15, 0.2) is 0 Å². The Balaban J connectivity index is 1.59. The number of hydrogen-bond acceptors (Lipinski definition) is 4. The van der Waals surface area contributed by atoms with Crippen LogP contribution in [0.2, 0.25) is 0 Å². The maximum Gasteiger partial charge on any atom is 0.265 e. The number of carbonyl (C=O) groups excluding carboxylic acids is 1. The van der Waals surface area contributed by atoms with E-state index in [1.807, 2.05) is 29.6 Å². The predicted octanol–water partition coefficient (Wildman–Crippen LogP) is 3.75. The van der Waals surface area contributed by atoms with E-state index < -0.39 is 0 Å². The number of amides is 1. The Labute approximate surface area is 122 Å². The smallest absolute Gasteiger partial charge is 0.265 e. The minimum Gasteiger partial charge on any atom is -0.367 e. The maximum atomic E-state index is 11.9. The summed E-state index contributed by atoms with van der Waals surface area (Å²) in [6.45, 7) is 0. The second kappa shape index (κ2) is 6.05. The fourth-order valence-electron chi connectivity index (χ4n) is 2.43. The van der Waals surface area contributed by atoms with E-state index in [2.05, 4.69) is 15.6 Å². The Kier molecular flexibility index (Phi) is 3.97. The number of aromatic nitrogens is 1. The van der Waals surface area contributed by atoms with Gasteiger partial charge in [-0.1, -0.05) is 18.9 Å². The normalized spacial score (nSPS) is 15.2. The molecule has 0 aromatic carbocycles. The van der Waals surface area contributed by atoms with Gasteiger partial charge in [-0.15, -0.1) is 11.3 Å². The van der Waals surface area contributed by atoms with Crippen LogP contribution in [0, 0.1) is 0 Å². The Hall–Kier alpha value is -1.88. The molecule has 0 atom stereocenters. The topological polar surface area (TPSA) is 54.0 Å². The molecule has 0 radical (unpaired) electrons. The SMILES string of the molecule is O=C(Nc1ccc(NC2CCCC2)nc1)c1cccs1. The van der Waals surface area contributed by atoms with E-state index in [-0.39, 0.29) is 5.91 Å². The molecular weight excluding hydrogens is 270 g/mol. The zero-order chi connectivity index (χ0) is 13.8. The molecule has 0 unspecified atom stereocenters. The molecule has 0 aliphatic heterocycles. The van der Waals surface area contributed by atoms with Gasteiger partial charge in [0, 0.05) is 6.04 Å². The molecule has 1 fully saturated rings. The van der Waals surface area contributed by atoms with Crippen molar-refractivity contribution in [3.63, 3.8) is 0 Å². The second-order valence-corrected chi connectivity index (χ2v) is 5.94. The van der Waals surface area contributed by atoms with E-state index in [4.69, 9.17) is 0 Å². The van der Waals surface area contributed by atoms with Crippen molar-refractivity contribution in [1.82, 2.24) is 4.98 Å². The number of thiophene rings is 1. The zero-order valence-corrected chi connectivity index (χ0v) is 12.0. The minimum atomic E-state index is -0.0849. The van der Waals surface area contributed by atoms with Crippen molar-refractivity contribution in [2.45, 2.75) is 31.7 Å². The maximum absolute atomic E-state index is 11.9. The van der Waals surface area contributed by atoms with Crippen LogP contribution in [0.4, 0.5) is 11.5 Å². The van der Waals surface area contributed by atoms with Crippen LogP contribution in [-0.2, 0) is 0 Å². The van der Waals surface area contributed by atoms with E-state index >= 15 is 0 Å². The number of pyridine rings is 1. The quantitative estimate of drug-likeness (QED) is 0.900. The summed E-state index contributed by atoms with van der Waals surface area (Å²) < 4.78 is 0. The first-order valence-corrected chi connectivity index (χ1v) is 7.77. The van der Waals surface area contributed by atoms with Crippen LogP contribution >= 0.6 is 11.3 Å². The van der Waals surface area contributed by atoms with Crippen molar-refractivity contribution in [1.29, 1.82) is 0 Å². The van der Waals surface area contributed by atoms with Crippen molar-refractivity contribution < 1.29 is 4.79 Å². The number of nitrogens with one attached hydrogen (secondary N) is 2. The molecule has 20 heavy (non-hydrogen) atoms. The fourth-order valence-corrected chi connectivity index (χ4v) is 3.05. The zero-order valence-electron chi connectivity index (χ0n) is 11.1. The Morgan fingerprint density at radius 3 is 2.75 bits per heavy atom. The largest absolute Gasteiger partial charge is 0.367 e. The van der Waals surface area contributed by atoms with Crippen LogP contribution in [0.3, 0.4) is 0 Å². The lowest BCUT2D eigenvalue weighted by molar-refractivity contribution is 0.103. The first kappa shape index (κ1) is 13.1. The summed E-state index contributed by atoms with van der Waals surface area (Å²) >= 11 is 1.43. The van der Waals surface area contributed by atoms with E-state index in [1.165, 1.54) is 37.0 Å². The molecule has 2 N–H and O–H groups in total. The highest BCUT2D eigenvalue weighted by Crippen LogP contribution is 2.22. The number of carbonyl (C=O) groups is 1. The number of rotatable bonds is 4. The molecule has 0 saturated heterocycles. The molecule has 1 aliphatic rings. The summed E-state index contributed by atoms with van der Waals surface area (Å²) in [5.74, 6) is 0.796. The van der Waals surface area contributed by atoms with Crippen molar-refractivity contribution in [3.05, 3.63) is 40.7 Å². The molecule has 2 aromatic heterocycles. The molecule has 0 bridgehead atoms. The predicted molar refractivity (Wildman–Crippen MR) is 82.4 cm³/mol. The highest BCUT2D eigenvalue weighted by molar-refractivity contribution is 7.12. The van der Waals surface area contributed by atoms with Crippen molar-refractivity contribution in [2.24, 2.45) is 0 Å². The average molecular weight is 287 g/mol. The van der Waals surface area contributed by atoms with Gasteiger partial charge >= 0.3 is 0 Å². The molecule has 0 spiro atoms. The van der Waals surface area contributed by atoms with Gasteiger partial charge in [0.25, 0.3) is 5.91 Å². The Morgan fingerprint density at radius 1 is 1.25 bits per heavy atom. The van der Waals surface area contributed by atoms with Gasteiger partial charge < -0.3 is 10.6 Å². The molecule has 1 amide bonds. The van der Waals surface area contributed by atoms with Crippen molar-refractivity contribution in [3.8, 4) is 0 Å². The summed E-state index contributed by atoms with van der Waals surface area (Å²) in [7, 11) is 0. The van der Waals surface area contributed by atoms with Crippen LogP contribution in [0.25, 0.3) is 0 Å². The van der Waals surface area contributed by atoms with Gasteiger partial charge in [0.05, 0.1) is 16.8 Å². The van der Waals surface area contributed by atoms with Gasteiger partial charge in [-0.05, 0) is 36.4 Å². The third-order valence-electron chi connectivity index (χ3n) is 3.47. The fraction of sp³-hybridized carbons (Fsp3) is 0.333. The first-order chi connectivity index (χ1) is 9.81. The lowest BCUT2D eigenvalue weighted by atomic mass is 10.2. The third-order valence-corrected chi connectivity index (χ3v) is 4.34. The highest BCUT2D eigenvalue weighted by Gasteiger charge is 2.14. The standard InChI is InChI=1S/C15H17N3OS/c19-15(13-6-3-9-20-13)18-12-7-8-14(16-10-12)17-11-4-1-2-5-11/h3,6-11H,1-2,4-5H2,(H,16,17)(H,18,19). The van der Waals surface area contributed by atoms with Gasteiger partial charge in [-0.25, -0.2) is 4.98 Å². The molecule has 2 aromatic rings. The molecule has 1 saturated carbocycles. The van der Waals surface area contributed by atoms with Crippen molar-refractivity contribution >= 4 is 28.7 Å². The Morgan fingerprint density at radius 2 is 2.10 bits per heavy atom. The Bertz CT molecular complexity index is 559. The number of nitrogens with zero attached hydrogens (tertiary/aromatic N) is 1. The lowest BCUT2D eigenvalue weighted by Gasteiger charge is -2.12. The number of hydrogen-bond donors (Lipinski definition) is 2. The summed E-state index contributed by atoms with van der Waals surface area (Å²) in [4.78, 5) is 17.0. The summed E-state index contributed by atoms with van der Waals surface area (Å²) in [6, 6.07) is 8.03. The highest BCUT2D eigenvalue weighted by atomic mass is 32.1.